The van der Waals surface area contributed by atoms with Crippen molar-refractivity contribution in [2.45, 2.75) is 78.8 Å². The summed E-state index contributed by atoms with van der Waals surface area (Å²) in [6.45, 7) is 11.2. The van der Waals surface area contributed by atoms with Crippen molar-refractivity contribution in [3.8, 4) is 0 Å². The van der Waals surface area contributed by atoms with Gasteiger partial charge in [0.1, 0.15) is 11.9 Å². The minimum absolute atomic E-state index is 0.0629. The Morgan fingerprint density at radius 1 is 1.17 bits per heavy atom. The lowest BCUT2D eigenvalue weighted by Crippen LogP contribution is -2.47. The van der Waals surface area contributed by atoms with Crippen molar-refractivity contribution in [2.24, 2.45) is 5.73 Å². The molecule has 2 unspecified atom stereocenters. The van der Waals surface area contributed by atoms with Crippen LogP contribution in [0.2, 0.25) is 0 Å². The van der Waals surface area contributed by atoms with Gasteiger partial charge in [0.25, 0.3) is 5.91 Å². The second kappa shape index (κ2) is 12.4. The van der Waals surface area contributed by atoms with Gasteiger partial charge in [-0.1, -0.05) is 18.6 Å². The number of hydrogen-bond acceptors (Lipinski definition) is 6. The van der Waals surface area contributed by atoms with Gasteiger partial charge < -0.3 is 16.0 Å². The molecule has 5 N–H and O–H groups in total. The molecular weight excluding hydrogens is 459 g/mol. The van der Waals surface area contributed by atoms with E-state index in [1.54, 1.807) is 24.8 Å². The molecule has 2 aliphatic rings. The van der Waals surface area contributed by atoms with Crippen LogP contribution in [0.1, 0.15) is 77.0 Å². The van der Waals surface area contributed by atoms with Gasteiger partial charge in [-0.25, -0.2) is 14.1 Å². The standard InChI is InChI=1S/C27H41FN6O2/c1-17(2)25(29)31-20(5)26(35)34-24(21-9-10-21)16-33(27(34)36)14-8-6-7-13-30-32-19(4)22-11-12-23(28)18(3)15-22/h11-12,15,19-20,30-32H,6-10,13-14,16,29H2,1-5H3. The van der Waals surface area contributed by atoms with Crippen LogP contribution in [0.25, 0.3) is 0 Å². The molecule has 0 radical (unpaired) electrons. The number of nitrogens with one attached hydrogen (secondary N) is 3. The van der Waals surface area contributed by atoms with Crippen LogP contribution in [0, 0.1) is 12.7 Å². The quantitative estimate of drug-likeness (QED) is 0.256. The summed E-state index contributed by atoms with van der Waals surface area (Å²) in [5.41, 5.74) is 17.1. The van der Waals surface area contributed by atoms with E-state index in [-0.39, 0.29) is 23.8 Å². The zero-order valence-electron chi connectivity index (χ0n) is 22.2. The highest BCUT2D eigenvalue weighted by Crippen LogP contribution is 2.37. The van der Waals surface area contributed by atoms with Crippen LogP contribution in [-0.4, -0.2) is 47.4 Å². The van der Waals surface area contributed by atoms with Gasteiger partial charge in [0.15, 0.2) is 0 Å². The maximum atomic E-state index is 13.5. The average molecular weight is 501 g/mol. The number of nitrogens with two attached hydrogens (primary N) is 1. The Balaban J connectivity index is 1.41. The molecular formula is C27H41FN6O2. The van der Waals surface area contributed by atoms with Crippen LogP contribution in [-0.2, 0) is 4.79 Å². The number of allylic oxidation sites excluding steroid dienone is 2. The number of carbonyl (C=O) groups excluding carboxylic acids is 2. The number of nitrogens with zero attached hydrogens (tertiary/aromatic N) is 2. The maximum absolute atomic E-state index is 13.5. The summed E-state index contributed by atoms with van der Waals surface area (Å²) in [7, 11) is 0. The van der Waals surface area contributed by atoms with Crippen molar-refractivity contribution in [1.82, 2.24) is 26.0 Å². The highest BCUT2D eigenvalue weighted by Gasteiger charge is 2.41. The number of unbranched alkanes of at least 4 members (excludes halogenated alkanes) is 2. The zero-order chi connectivity index (χ0) is 26.4. The first-order valence-electron chi connectivity index (χ1n) is 12.9. The number of hydrogen-bond donors (Lipinski definition) is 4. The molecule has 0 spiro atoms. The fourth-order valence-corrected chi connectivity index (χ4v) is 4.17. The molecule has 1 aliphatic heterocycles. The first-order chi connectivity index (χ1) is 17.1. The van der Waals surface area contributed by atoms with Crippen molar-refractivity contribution in [1.29, 1.82) is 0 Å². The minimum atomic E-state index is -0.585. The van der Waals surface area contributed by atoms with Gasteiger partial charge in [-0.05, 0) is 88.6 Å². The van der Waals surface area contributed by atoms with E-state index < -0.39 is 6.04 Å². The number of benzene rings is 1. The fourth-order valence-electron chi connectivity index (χ4n) is 4.17. The molecule has 1 heterocycles. The normalized spacial score (nSPS) is 16.9. The molecule has 2 atom stereocenters. The molecule has 198 valence electrons. The number of aryl methyl sites for hydroxylation is 1. The highest BCUT2D eigenvalue weighted by molar-refractivity contribution is 6.01. The molecule has 1 saturated heterocycles. The molecule has 3 rings (SSSR count). The molecule has 1 aliphatic carbocycles. The predicted molar refractivity (Wildman–Crippen MR) is 140 cm³/mol. The van der Waals surface area contributed by atoms with Gasteiger partial charge in [0.2, 0.25) is 0 Å². The van der Waals surface area contributed by atoms with E-state index >= 15 is 0 Å². The smallest absolute Gasteiger partial charge is 0.331 e. The minimum Gasteiger partial charge on any atom is -0.386 e. The molecule has 1 aromatic carbocycles. The van der Waals surface area contributed by atoms with E-state index in [9.17, 15) is 14.0 Å². The molecule has 9 heteroatoms. The zero-order valence-corrected chi connectivity index (χ0v) is 22.2. The molecule has 1 aromatic rings. The van der Waals surface area contributed by atoms with Crippen LogP contribution in [0.4, 0.5) is 9.18 Å². The summed E-state index contributed by atoms with van der Waals surface area (Å²) in [5.74, 6) is 0.00928. The Hall–Kier alpha value is -2.91. The third-order valence-electron chi connectivity index (χ3n) is 6.71. The Morgan fingerprint density at radius 2 is 1.89 bits per heavy atom. The van der Waals surface area contributed by atoms with Crippen LogP contribution in [0.15, 0.2) is 40.9 Å². The van der Waals surface area contributed by atoms with E-state index in [4.69, 9.17) is 5.73 Å². The summed E-state index contributed by atoms with van der Waals surface area (Å²) in [5, 5.41) is 3.01. The third-order valence-corrected chi connectivity index (χ3v) is 6.71. The van der Waals surface area contributed by atoms with E-state index in [0.29, 0.717) is 24.5 Å². The van der Waals surface area contributed by atoms with Crippen LogP contribution < -0.4 is 21.9 Å². The van der Waals surface area contributed by atoms with Crippen LogP contribution in [0.3, 0.4) is 0 Å². The number of carbonyl (C=O) groups is 2. The van der Waals surface area contributed by atoms with E-state index in [1.807, 2.05) is 26.8 Å². The lowest BCUT2D eigenvalue weighted by atomic mass is 10.1. The van der Waals surface area contributed by atoms with Crippen molar-refractivity contribution in [2.75, 3.05) is 19.6 Å². The number of urea groups is 1. The first-order valence-corrected chi connectivity index (χ1v) is 12.9. The summed E-state index contributed by atoms with van der Waals surface area (Å²) in [6.07, 6.45) is 4.67. The van der Waals surface area contributed by atoms with Crippen molar-refractivity contribution < 1.29 is 14.0 Å². The number of amides is 3. The van der Waals surface area contributed by atoms with Gasteiger partial charge in [-0.15, -0.1) is 0 Å². The lowest BCUT2D eigenvalue weighted by molar-refractivity contribution is -0.128. The highest BCUT2D eigenvalue weighted by atomic mass is 19.1. The van der Waals surface area contributed by atoms with Crippen LogP contribution in [0.5, 0.6) is 0 Å². The Morgan fingerprint density at radius 3 is 2.53 bits per heavy atom. The van der Waals surface area contributed by atoms with Gasteiger partial charge in [0, 0.05) is 24.8 Å². The number of rotatable bonds is 12. The summed E-state index contributed by atoms with van der Waals surface area (Å²) in [4.78, 5) is 29.4. The van der Waals surface area contributed by atoms with Crippen LogP contribution >= 0.6 is 0 Å². The average Bonchev–Trinajstić information content (AvgIpc) is 3.63. The Kier molecular flexibility index (Phi) is 9.50. The van der Waals surface area contributed by atoms with Gasteiger partial charge in [-0.3, -0.25) is 15.6 Å². The number of hydrazine groups is 1. The maximum Gasteiger partial charge on any atom is 0.331 e. The summed E-state index contributed by atoms with van der Waals surface area (Å²) >= 11 is 0. The predicted octanol–water partition coefficient (Wildman–Crippen LogP) is 3.96. The van der Waals surface area contributed by atoms with Gasteiger partial charge >= 0.3 is 6.03 Å². The summed E-state index contributed by atoms with van der Waals surface area (Å²) in [6, 6.07) is 4.39. The molecule has 36 heavy (non-hydrogen) atoms. The van der Waals surface area contributed by atoms with E-state index in [2.05, 4.69) is 16.2 Å². The molecule has 0 aromatic heterocycles. The van der Waals surface area contributed by atoms with E-state index in [1.165, 1.54) is 16.5 Å². The Labute approximate surface area is 214 Å². The molecule has 2 fully saturated rings. The molecule has 8 nitrogen and oxygen atoms in total. The first kappa shape index (κ1) is 27.7. The second-order valence-corrected chi connectivity index (χ2v) is 10.1. The van der Waals surface area contributed by atoms with Gasteiger partial charge in [0.05, 0.1) is 12.4 Å². The molecule has 0 bridgehead atoms. The number of halogens is 1. The fraction of sp³-hybridized carbons (Fsp3) is 0.556. The third kappa shape index (κ3) is 7.07. The largest absolute Gasteiger partial charge is 0.386 e. The van der Waals surface area contributed by atoms with Gasteiger partial charge in [-0.2, -0.15) is 0 Å². The van der Waals surface area contributed by atoms with Crippen molar-refractivity contribution in [3.63, 3.8) is 0 Å². The molecule has 3 amide bonds. The van der Waals surface area contributed by atoms with Crippen molar-refractivity contribution in [3.05, 3.63) is 57.8 Å². The molecule has 1 saturated carbocycles. The van der Waals surface area contributed by atoms with Crippen molar-refractivity contribution >= 4 is 11.9 Å². The summed E-state index contributed by atoms with van der Waals surface area (Å²) < 4.78 is 13.5. The monoisotopic (exact) mass is 500 g/mol. The second-order valence-electron chi connectivity index (χ2n) is 10.1. The number of imide groups is 1. The van der Waals surface area contributed by atoms with E-state index in [0.717, 1.165) is 55.5 Å². The topological polar surface area (TPSA) is 103 Å². The Bertz CT molecular complexity index is 1030. The SMILES string of the molecule is CC(C)=C(N)NC(C)C(=O)N1C(=O)N(CCCCCNNC(C)c2ccc(F)c(C)c2)CC1=C1CC1. The lowest BCUT2D eigenvalue weighted by Gasteiger charge is -2.22.